The number of thioether (sulfide) groups is 1. The van der Waals surface area contributed by atoms with E-state index in [2.05, 4.69) is 10.1 Å². The standard InChI is InChI=1S/C16H18ClN5O2S/c1-2-21(14(23)5-7-20-8-9-25-16(20)24)13-11-22(19-15(13)17)12-4-3-6-18-10-12/h3-4,6,10-11H,2,5,7-9H2,1H3. The highest BCUT2D eigenvalue weighted by atomic mass is 35.5. The van der Waals surface area contributed by atoms with Gasteiger partial charge in [-0.25, -0.2) is 4.68 Å². The van der Waals surface area contributed by atoms with Crippen LogP contribution >= 0.6 is 23.4 Å². The van der Waals surface area contributed by atoms with E-state index >= 15 is 0 Å². The van der Waals surface area contributed by atoms with Crippen molar-refractivity contribution in [2.45, 2.75) is 13.3 Å². The lowest BCUT2D eigenvalue weighted by molar-refractivity contribution is -0.118. The highest BCUT2D eigenvalue weighted by Gasteiger charge is 2.24. The van der Waals surface area contributed by atoms with Crippen LogP contribution in [0.2, 0.25) is 5.15 Å². The Labute approximate surface area is 154 Å². The summed E-state index contributed by atoms with van der Waals surface area (Å²) in [6.07, 6.45) is 5.32. The van der Waals surface area contributed by atoms with E-state index in [1.54, 1.807) is 39.1 Å². The summed E-state index contributed by atoms with van der Waals surface area (Å²) in [5.41, 5.74) is 1.32. The van der Waals surface area contributed by atoms with Gasteiger partial charge in [0.05, 0.1) is 18.1 Å². The fourth-order valence-corrected chi connectivity index (χ4v) is 3.71. The normalized spacial score (nSPS) is 14.2. The molecule has 0 aliphatic carbocycles. The zero-order chi connectivity index (χ0) is 17.8. The Morgan fingerprint density at radius 1 is 1.48 bits per heavy atom. The Bertz CT molecular complexity index is 767. The molecule has 3 rings (SSSR count). The molecule has 0 unspecified atom stereocenters. The van der Waals surface area contributed by atoms with Gasteiger partial charge < -0.3 is 9.80 Å². The summed E-state index contributed by atoms with van der Waals surface area (Å²) in [5, 5.41) is 4.56. The minimum absolute atomic E-state index is 0.0401. The van der Waals surface area contributed by atoms with Crippen molar-refractivity contribution in [3.63, 3.8) is 0 Å². The van der Waals surface area contributed by atoms with Crippen LogP contribution in [0.15, 0.2) is 30.7 Å². The molecule has 0 spiro atoms. The lowest BCUT2D eigenvalue weighted by atomic mass is 10.3. The molecule has 25 heavy (non-hydrogen) atoms. The largest absolute Gasteiger partial charge is 0.332 e. The van der Waals surface area contributed by atoms with Gasteiger partial charge in [0.25, 0.3) is 5.24 Å². The first-order valence-corrected chi connectivity index (χ1v) is 9.34. The number of aromatic nitrogens is 3. The van der Waals surface area contributed by atoms with Gasteiger partial charge in [-0.05, 0) is 19.1 Å². The summed E-state index contributed by atoms with van der Waals surface area (Å²) in [7, 11) is 0. The summed E-state index contributed by atoms with van der Waals surface area (Å²) in [6, 6.07) is 3.66. The van der Waals surface area contributed by atoms with Crippen molar-refractivity contribution in [2.24, 2.45) is 0 Å². The minimum atomic E-state index is -0.0835. The summed E-state index contributed by atoms with van der Waals surface area (Å²) in [4.78, 5) is 31.6. The first-order valence-electron chi connectivity index (χ1n) is 7.97. The van der Waals surface area contributed by atoms with Crippen molar-refractivity contribution in [3.05, 3.63) is 35.9 Å². The van der Waals surface area contributed by atoms with Crippen LogP contribution in [0.3, 0.4) is 0 Å². The molecule has 0 radical (unpaired) electrons. The molecule has 2 aromatic rings. The molecular formula is C16H18ClN5O2S. The van der Waals surface area contributed by atoms with Crippen LogP contribution in [-0.4, -0.2) is 56.2 Å². The fourth-order valence-electron chi connectivity index (χ4n) is 2.62. The van der Waals surface area contributed by atoms with Gasteiger partial charge in [0.1, 0.15) is 5.69 Å². The molecule has 0 N–H and O–H groups in total. The molecule has 3 heterocycles. The van der Waals surface area contributed by atoms with Crippen molar-refractivity contribution in [2.75, 3.05) is 30.3 Å². The van der Waals surface area contributed by atoms with E-state index in [1.807, 2.05) is 13.0 Å². The number of rotatable bonds is 6. The molecule has 2 aromatic heterocycles. The van der Waals surface area contributed by atoms with E-state index in [0.29, 0.717) is 25.3 Å². The number of halogens is 1. The predicted molar refractivity (Wildman–Crippen MR) is 98.4 cm³/mol. The molecule has 0 atom stereocenters. The second-order valence-corrected chi connectivity index (χ2v) is 6.85. The van der Waals surface area contributed by atoms with Gasteiger partial charge in [-0.3, -0.25) is 14.6 Å². The number of amides is 2. The van der Waals surface area contributed by atoms with Crippen LogP contribution in [0.1, 0.15) is 13.3 Å². The highest BCUT2D eigenvalue weighted by molar-refractivity contribution is 8.13. The number of nitrogens with zero attached hydrogens (tertiary/aromatic N) is 5. The predicted octanol–water partition coefficient (Wildman–Crippen LogP) is 2.83. The molecule has 9 heteroatoms. The first-order chi connectivity index (χ1) is 12.1. The van der Waals surface area contributed by atoms with E-state index < -0.39 is 0 Å². The SMILES string of the molecule is CCN(C(=O)CCN1CCSC1=O)c1cn(-c2cccnc2)nc1Cl. The summed E-state index contributed by atoms with van der Waals surface area (Å²) in [6.45, 7) is 3.48. The molecule has 1 aliphatic rings. The van der Waals surface area contributed by atoms with Crippen molar-refractivity contribution >= 4 is 40.2 Å². The van der Waals surface area contributed by atoms with E-state index in [4.69, 9.17) is 11.6 Å². The van der Waals surface area contributed by atoms with Crippen LogP contribution in [0.5, 0.6) is 0 Å². The third-order valence-corrected chi connectivity index (χ3v) is 5.07. The summed E-state index contributed by atoms with van der Waals surface area (Å²) in [5.74, 6) is 0.702. The van der Waals surface area contributed by atoms with E-state index in [1.165, 1.54) is 11.8 Å². The third-order valence-electron chi connectivity index (χ3n) is 3.91. The maximum Gasteiger partial charge on any atom is 0.281 e. The van der Waals surface area contributed by atoms with E-state index in [-0.39, 0.29) is 22.7 Å². The second kappa shape index (κ2) is 7.88. The molecular weight excluding hydrogens is 362 g/mol. The maximum absolute atomic E-state index is 12.6. The van der Waals surface area contributed by atoms with Crippen molar-refractivity contribution in [1.82, 2.24) is 19.7 Å². The Morgan fingerprint density at radius 3 is 2.96 bits per heavy atom. The lowest BCUT2D eigenvalue weighted by Crippen LogP contribution is -2.34. The average Bonchev–Trinajstić information content (AvgIpc) is 3.21. The van der Waals surface area contributed by atoms with Gasteiger partial charge in [0.15, 0.2) is 5.15 Å². The number of hydrogen-bond donors (Lipinski definition) is 0. The number of carbonyl (C=O) groups excluding carboxylic acids is 2. The number of anilines is 1. The molecule has 2 amide bonds. The average molecular weight is 380 g/mol. The monoisotopic (exact) mass is 379 g/mol. The lowest BCUT2D eigenvalue weighted by Gasteiger charge is -2.21. The Hall–Kier alpha value is -2.06. The summed E-state index contributed by atoms with van der Waals surface area (Å²) < 4.78 is 1.60. The van der Waals surface area contributed by atoms with Gasteiger partial charge in [-0.15, -0.1) is 0 Å². The van der Waals surface area contributed by atoms with Gasteiger partial charge in [0, 0.05) is 38.0 Å². The fraction of sp³-hybridized carbons (Fsp3) is 0.375. The molecule has 1 saturated heterocycles. The van der Waals surface area contributed by atoms with E-state index in [0.717, 1.165) is 11.4 Å². The van der Waals surface area contributed by atoms with Crippen LogP contribution in [0, 0.1) is 0 Å². The molecule has 1 fully saturated rings. The number of pyridine rings is 1. The Kier molecular flexibility index (Phi) is 5.60. The van der Waals surface area contributed by atoms with Gasteiger partial charge in [-0.1, -0.05) is 23.4 Å². The Balaban J connectivity index is 1.73. The minimum Gasteiger partial charge on any atom is -0.332 e. The van der Waals surface area contributed by atoms with Crippen LogP contribution < -0.4 is 4.90 Å². The Morgan fingerprint density at radius 2 is 2.32 bits per heavy atom. The highest BCUT2D eigenvalue weighted by Crippen LogP contribution is 2.26. The number of carbonyl (C=O) groups is 2. The quantitative estimate of drug-likeness (QED) is 0.771. The summed E-state index contributed by atoms with van der Waals surface area (Å²) >= 11 is 7.54. The molecule has 132 valence electrons. The van der Waals surface area contributed by atoms with Crippen molar-refractivity contribution < 1.29 is 9.59 Å². The molecule has 0 bridgehead atoms. The maximum atomic E-state index is 12.6. The third kappa shape index (κ3) is 3.96. The number of hydrogen-bond acceptors (Lipinski definition) is 5. The van der Waals surface area contributed by atoms with Gasteiger partial charge in [-0.2, -0.15) is 5.10 Å². The van der Waals surface area contributed by atoms with Crippen molar-refractivity contribution in [1.29, 1.82) is 0 Å². The molecule has 0 saturated carbocycles. The second-order valence-electron chi connectivity index (χ2n) is 5.45. The van der Waals surface area contributed by atoms with Crippen LogP contribution in [0.4, 0.5) is 10.5 Å². The van der Waals surface area contributed by atoms with Crippen molar-refractivity contribution in [3.8, 4) is 5.69 Å². The van der Waals surface area contributed by atoms with Crippen LogP contribution in [-0.2, 0) is 4.79 Å². The van der Waals surface area contributed by atoms with Gasteiger partial charge in [0.2, 0.25) is 5.91 Å². The topological polar surface area (TPSA) is 71.3 Å². The first kappa shape index (κ1) is 17.8. The van der Waals surface area contributed by atoms with Gasteiger partial charge >= 0.3 is 0 Å². The zero-order valence-corrected chi connectivity index (χ0v) is 15.3. The van der Waals surface area contributed by atoms with Crippen LogP contribution in [0.25, 0.3) is 5.69 Å². The smallest absolute Gasteiger partial charge is 0.281 e. The van der Waals surface area contributed by atoms with E-state index in [9.17, 15) is 9.59 Å². The molecule has 7 nitrogen and oxygen atoms in total. The zero-order valence-electron chi connectivity index (χ0n) is 13.8. The molecule has 1 aliphatic heterocycles. The molecule has 0 aromatic carbocycles.